The Bertz CT molecular complexity index is 5380. The quantitative estimate of drug-likeness (QED) is 0.0238. The minimum absolute atomic E-state index is 0.425. The third-order valence-corrected chi connectivity index (χ3v) is 33.3. The lowest BCUT2D eigenvalue weighted by Gasteiger charge is -2.37. The molecule has 2 heteroatoms. The van der Waals surface area contributed by atoms with Gasteiger partial charge in [-0.2, -0.15) is 0 Å². The first kappa shape index (κ1) is 93.4. The summed E-state index contributed by atoms with van der Waals surface area (Å²) in [7, 11) is 0. The van der Waals surface area contributed by atoms with E-state index in [2.05, 4.69) is 363 Å². The normalized spacial score (nSPS) is 16.3. The van der Waals surface area contributed by atoms with E-state index in [1.54, 1.807) is 0 Å². The fourth-order valence-electron chi connectivity index (χ4n) is 25.0. The molecule has 0 saturated heterocycles. The van der Waals surface area contributed by atoms with Crippen LogP contribution in [0.4, 0.5) is 0 Å². The zero-order valence-electron chi connectivity index (χ0n) is 81.9. The minimum atomic E-state index is -0.425. The Kier molecular flexibility index (Phi) is 31.2. The van der Waals surface area contributed by atoms with Crippen molar-refractivity contribution in [1.29, 1.82) is 0 Å². The van der Waals surface area contributed by atoms with E-state index in [0.29, 0.717) is 48.7 Å². The molecule has 20 rings (SSSR count). The molecule has 0 atom stereocenters. The molecule has 6 fully saturated rings. The fraction of sp³-hybridized carbons (Fsp3) is 0.353. The largest absolute Gasteiger partial charge is 0.494 e. The van der Waals surface area contributed by atoms with Crippen LogP contribution in [0, 0.1) is 23.7 Å². The maximum absolute atomic E-state index is 6.53. The smallest absolute Gasteiger partial charge is 0.119 e. The van der Waals surface area contributed by atoms with Gasteiger partial charge in [0.2, 0.25) is 0 Å². The Hall–Kier alpha value is -12.2. The molecule has 0 N–H and O–H groups in total. The lowest BCUT2D eigenvalue weighted by Crippen LogP contribution is -2.29. The van der Waals surface area contributed by atoms with Gasteiger partial charge in [0.05, 0.1) is 13.2 Å². The van der Waals surface area contributed by atoms with E-state index in [4.69, 9.17) is 9.47 Å². The van der Waals surface area contributed by atoms with Crippen molar-refractivity contribution in [3.05, 3.63) is 418 Å². The van der Waals surface area contributed by atoms with E-state index in [1.165, 1.54) is 326 Å². The highest BCUT2D eigenvalue weighted by Gasteiger charge is 2.39. The molecule has 14 aromatic carbocycles. The summed E-state index contributed by atoms with van der Waals surface area (Å²) in [5.41, 5.74) is 33.2. The molecule has 0 unspecified atom stereocenters. The molecule has 0 radical (unpaired) electrons. The molecular weight excluding hydrogens is 1670 g/mol. The second-order valence-corrected chi connectivity index (χ2v) is 41.9. The first-order valence-electron chi connectivity index (χ1n) is 54.1. The highest BCUT2D eigenvalue weighted by Crippen LogP contribution is 2.50. The Morgan fingerprint density at radius 1 is 0.174 bits per heavy atom. The number of hydrogen-bond acceptors (Lipinski definition) is 2. The van der Waals surface area contributed by atoms with E-state index < -0.39 is 10.8 Å². The van der Waals surface area contributed by atoms with Crippen molar-refractivity contribution in [2.45, 2.75) is 290 Å². The van der Waals surface area contributed by atoms with E-state index in [0.717, 1.165) is 74.0 Å². The molecule has 698 valence electrons. The van der Waals surface area contributed by atoms with Crippen LogP contribution in [0.25, 0.3) is 66.8 Å². The third-order valence-electron chi connectivity index (χ3n) is 33.3. The third kappa shape index (κ3) is 22.7. The highest BCUT2D eigenvalue weighted by molar-refractivity contribution is 5.73. The monoisotopic (exact) mass is 1810 g/mol. The topological polar surface area (TPSA) is 18.5 Å². The van der Waals surface area contributed by atoms with Gasteiger partial charge in [-0.25, -0.2) is 0 Å². The summed E-state index contributed by atoms with van der Waals surface area (Å²) < 4.78 is 13.1. The highest BCUT2D eigenvalue weighted by atomic mass is 16.5. The van der Waals surface area contributed by atoms with E-state index in [9.17, 15) is 0 Å². The van der Waals surface area contributed by atoms with Gasteiger partial charge < -0.3 is 9.47 Å². The Balaban J connectivity index is 0.487. The van der Waals surface area contributed by atoms with Gasteiger partial charge in [-0.05, 0) is 332 Å². The van der Waals surface area contributed by atoms with Crippen LogP contribution in [0.3, 0.4) is 0 Å². The number of benzene rings is 14. The molecule has 0 aliphatic heterocycles. The summed E-state index contributed by atoms with van der Waals surface area (Å²) in [5, 5.41) is 0. The molecule has 0 bridgehead atoms. The van der Waals surface area contributed by atoms with Crippen LogP contribution in [0.1, 0.15) is 357 Å². The van der Waals surface area contributed by atoms with Gasteiger partial charge in [0.15, 0.2) is 0 Å². The maximum atomic E-state index is 6.53. The summed E-state index contributed by atoms with van der Waals surface area (Å²) in [6.45, 7) is 1.27. The van der Waals surface area contributed by atoms with Crippen molar-refractivity contribution in [3.8, 4) is 102 Å². The average Bonchev–Trinajstić information content (AvgIpc) is 0.749. The molecular formula is C136H142O2. The zero-order chi connectivity index (χ0) is 92.8. The van der Waals surface area contributed by atoms with E-state index in [-0.39, 0.29) is 0 Å². The number of unbranched alkanes of at least 4 members (excludes halogenated alkanes) is 4. The predicted molar refractivity (Wildman–Crippen MR) is 581 cm³/mol. The molecule has 0 spiro atoms. The summed E-state index contributed by atoms with van der Waals surface area (Å²) in [4.78, 5) is 0. The van der Waals surface area contributed by atoms with Crippen LogP contribution in [0.5, 0.6) is 11.5 Å². The van der Waals surface area contributed by atoms with Crippen LogP contribution in [-0.2, 0) is 10.8 Å². The summed E-state index contributed by atoms with van der Waals surface area (Å²) in [5.74, 6) is 18.7. The van der Waals surface area contributed by atoms with Gasteiger partial charge >= 0.3 is 0 Å². The van der Waals surface area contributed by atoms with Crippen molar-refractivity contribution in [1.82, 2.24) is 0 Å². The second kappa shape index (κ2) is 46.1. The lowest BCUT2D eigenvalue weighted by atomic mass is 9.66. The molecule has 2 nitrogen and oxygen atoms in total. The molecule has 0 heterocycles. The molecule has 0 amide bonds. The van der Waals surface area contributed by atoms with Gasteiger partial charge in [0.25, 0.3) is 0 Å². The van der Waals surface area contributed by atoms with Crippen LogP contribution >= 0.6 is 0 Å². The Morgan fingerprint density at radius 3 is 0.514 bits per heavy atom. The number of hydrogen-bond donors (Lipinski definition) is 0. The van der Waals surface area contributed by atoms with E-state index >= 15 is 0 Å². The van der Waals surface area contributed by atoms with Crippen molar-refractivity contribution < 1.29 is 9.47 Å². The SMILES string of the molecule is C(C#Cc1ccc(OCCCCCC(c2ccc(-c3ccc(C4CCCCC4)cc3)cc2)(c2ccc(-c3ccc(C4CCCCC4)cc3)cc2)c2ccc(-c3ccc(C4CCCCC4)cc3)cc2)cc1)#Cc1ccc(OCCCCCC(c2ccc(-c3ccc(C4CCCCC4)cc3)cc2)(c2ccc(-c3ccc(C4CCCCC4)cc3)cc2)c2ccc(-c3ccc(C4CCCCC4)cc3)cc2)cc1. The van der Waals surface area contributed by atoms with Crippen molar-refractivity contribution >= 4 is 0 Å². The Morgan fingerprint density at radius 2 is 0.341 bits per heavy atom. The van der Waals surface area contributed by atoms with Gasteiger partial charge in [-0.1, -0.05) is 444 Å². The molecule has 6 aliphatic carbocycles. The molecule has 6 aliphatic rings. The van der Waals surface area contributed by atoms with Crippen molar-refractivity contribution in [3.63, 3.8) is 0 Å². The van der Waals surface area contributed by atoms with Gasteiger partial charge in [-0.15, -0.1) is 0 Å². The molecule has 6 saturated carbocycles. The summed E-state index contributed by atoms with van der Waals surface area (Å²) >= 11 is 0. The molecule has 14 aromatic rings. The molecule has 138 heavy (non-hydrogen) atoms. The van der Waals surface area contributed by atoms with Crippen molar-refractivity contribution in [2.75, 3.05) is 13.2 Å². The maximum Gasteiger partial charge on any atom is 0.119 e. The van der Waals surface area contributed by atoms with Gasteiger partial charge in [0, 0.05) is 22.0 Å². The molecule has 0 aromatic heterocycles. The number of ether oxygens (including phenoxy) is 2. The van der Waals surface area contributed by atoms with Crippen LogP contribution in [-0.4, -0.2) is 13.2 Å². The summed E-state index contributed by atoms with van der Waals surface area (Å²) in [6, 6.07) is 132. The van der Waals surface area contributed by atoms with Crippen LogP contribution in [0.2, 0.25) is 0 Å². The zero-order valence-corrected chi connectivity index (χ0v) is 81.9. The minimum Gasteiger partial charge on any atom is -0.494 e. The first-order valence-corrected chi connectivity index (χ1v) is 54.1. The predicted octanol–water partition coefficient (Wildman–Crippen LogP) is 37.3. The van der Waals surface area contributed by atoms with Crippen molar-refractivity contribution in [2.24, 2.45) is 0 Å². The lowest BCUT2D eigenvalue weighted by molar-refractivity contribution is 0.302. The fourth-order valence-corrected chi connectivity index (χ4v) is 25.0. The van der Waals surface area contributed by atoms with Gasteiger partial charge in [0.1, 0.15) is 11.5 Å². The van der Waals surface area contributed by atoms with Gasteiger partial charge in [-0.3, -0.25) is 0 Å². The standard InChI is InChI=1S/C136H142O2/c1-9-29-103(30-10-1)109-45-57-115(58-46-109)121-69-81-127(82-70-121)135(128-83-71-122(72-84-128)116-59-47-110(48-60-116)104-31-11-2-12-32-104,129-85-73-123(74-86-129)117-61-49-111(50-62-117)105-33-13-3-14-34-105)97-23-7-25-99-137-133-93-41-101(42-94-133)27-21-22-28-102-43-95-134(96-44-102)138-100-26-8-24-98-136(130-87-75-124(76-88-130)118-63-51-112(52-64-118)106-35-15-4-16-36-106,131-89-77-125(78-90-131)119-65-53-113(54-66-119)107-37-17-5-18-38-107)132-91-79-126(80-92-132)120-67-55-114(56-68-120)108-39-19-6-20-40-108/h41-96,103-108H,1-20,23-26,29-40,97-100H2. The van der Waals surface area contributed by atoms with Crippen LogP contribution in [0.15, 0.2) is 340 Å². The summed E-state index contributed by atoms with van der Waals surface area (Å²) in [6.07, 6.45) is 48.0. The second-order valence-electron chi connectivity index (χ2n) is 41.9. The first-order chi connectivity index (χ1) is 68.3. The van der Waals surface area contributed by atoms with E-state index in [1.807, 2.05) is 0 Å². The van der Waals surface area contributed by atoms with Crippen LogP contribution < -0.4 is 9.47 Å². The average molecular weight is 1810 g/mol. The number of rotatable bonds is 32. The Labute approximate surface area is 826 Å².